The lowest BCUT2D eigenvalue weighted by Crippen LogP contribution is -2.56. The normalized spacial score (nSPS) is 31.2. The molecule has 8 nitrogen and oxygen atoms in total. The number of ether oxygens (including phenoxy) is 1. The Morgan fingerprint density at radius 1 is 0.950 bits per heavy atom. The Labute approximate surface area is 238 Å². The lowest BCUT2D eigenvalue weighted by atomic mass is 9.74. The highest BCUT2D eigenvalue weighted by atomic mass is 35.5. The number of likely N-dealkylation sites (tertiary alicyclic amines) is 1. The van der Waals surface area contributed by atoms with Crippen molar-refractivity contribution in [3.05, 3.63) is 89.0 Å². The van der Waals surface area contributed by atoms with E-state index in [9.17, 15) is 19.5 Å². The van der Waals surface area contributed by atoms with Crippen LogP contribution in [0.1, 0.15) is 18.1 Å². The average Bonchev–Trinajstić information content (AvgIpc) is 3.19. The molecule has 1 N–H and O–H groups in total. The largest absolute Gasteiger partial charge is 0.395 e. The van der Waals surface area contributed by atoms with E-state index in [0.717, 1.165) is 11.1 Å². The Kier molecular flexibility index (Phi) is 6.60. The lowest BCUT2D eigenvalue weighted by molar-refractivity contribution is -0.149. The number of aliphatic hydroxyl groups excluding tert-OH is 1. The molecular formula is C31H32ClN3O5. The number of anilines is 1. The molecule has 2 aromatic rings. The Bertz CT molecular complexity index is 1410. The van der Waals surface area contributed by atoms with Gasteiger partial charge in [-0.15, -0.1) is 0 Å². The molecule has 6 rings (SSSR count). The maximum atomic E-state index is 14.4. The number of para-hydroxylation sites is 1. The van der Waals surface area contributed by atoms with Gasteiger partial charge in [0.15, 0.2) is 0 Å². The predicted octanol–water partition coefficient (Wildman–Crippen LogP) is 3.11. The van der Waals surface area contributed by atoms with Gasteiger partial charge in [0.2, 0.25) is 11.8 Å². The van der Waals surface area contributed by atoms with Crippen LogP contribution in [-0.4, -0.2) is 76.1 Å². The van der Waals surface area contributed by atoms with Crippen molar-refractivity contribution in [1.29, 1.82) is 0 Å². The molecule has 9 heteroatoms. The van der Waals surface area contributed by atoms with Crippen LogP contribution in [0, 0.1) is 18.8 Å². The minimum Gasteiger partial charge on any atom is -0.395 e. The van der Waals surface area contributed by atoms with Crippen molar-refractivity contribution in [3.63, 3.8) is 0 Å². The second-order valence-electron chi connectivity index (χ2n) is 11.1. The number of hydrogen-bond donors (Lipinski definition) is 1. The van der Waals surface area contributed by atoms with Crippen LogP contribution >= 0.6 is 11.6 Å². The van der Waals surface area contributed by atoms with E-state index < -0.39 is 29.1 Å². The SMILES string of the molecule is Cc1cccc(Cl)c1N1CC=C[C@]23O[C@]4(C)C=CCN(Cc5ccccc5)C(=O)[C@@H]4[C@H]2C(=O)N(CCO)C3C1=O. The first-order chi connectivity index (χ1) is 19.2. The number of amides is 3. The van der Waals surface area contributed by atoms with E-state index >= 15 is 0 Å². The molecule has 4 aliphatic heterocycles. The topological polar surface area (TPSA) is 90.4 Å². The Hall–Kier alpha value is -3.46. The Morgan fingerprint density at radius 2 is 1.70 bits per heavy atom. The molecular weight excluding hydrogens is 530 g/mol. The van der Waals surface area contributed by atoms with Gasteiger partial charge in [0.1, 0.15) is 11.6 Å². The third-order valence-electron chi connectivity index (χ3n) is 8.66. The maximum absolute atomic E-state index is 14.4. The third kappa shape index (κ3) is 3.92. The number of nitrogens with zero attached hydrogens (tertiary/aromatic N) is 3. The number of fused-ring (bicyclic) bond motifs is 2. The highest BCUT2D eigenvalue weighted by molar-refractivity contribution is 6.34. The van der Waals surface area contributed by atoms with E-state index in [-0.39, 0.29) is 37.4 Å². The van der Waals surface area contributed by atoms with Crippen molar-refractivity contribution in [2.45, 2.75) is 37.6 Å². The number of hydrogen-bond acceptors (Lipinski definition) is 5. The van der Waals surface area contributed by atoms with E-state index in [1.807, 2.05) is 74.5 Å². The first-order valence-electron chi connectivity index (χ1n) is 13.6. The highest BCUT2D eigenvalue weighted by Crippen LogP contribution is 2.57. The van der Waals surface area contributed by atoms with Crippen molar-refractivity contribution in [2.24, 2.45) is 11.8 Å². The zero-order chi connectivity index (χ0) is 28.2. The van der Waals surface area contributed by atoms with Gasteiger partial charge in [0.05, 0.1) is 34.8 Å². The van der Waals surface area contributed by atoms with E-state index in [1.165, 1.54) is 4.90 Å². The third-order valence-corrected chi connectivity index (χ3v) is 8.96. The van der Waals surface area contributed by atoms with E-state index in [0.29, 0.717) is 23.8 Å². The summed E-state index contributed by atoms with van der Waals surface area (Å²) in [7, 11) is 0. The Morgan fingerprint density at radius 3 is 2.42 bits per heavy atom. The van der Waals surface area contributed by atoms with Crippen LogP contribution < -0.4 is 4.90 Å². The summed E-state index contributed by atoms with van der Waals surface area (Å²) < 4.78 is 6.81. The van der Waals surface area contributed by atoms with E-state index in [2.05, 4.69) is 0 Å². The molecule has 4 aliphatic rings. The molecule has 40 heavy (non-hydrogen) atoms. The number of halogens is 1. The first kappa shape index (κ1) is 26.7. The van der Waals surface area contributed by atoms with Gasteiger partial charge in [0.25, 0.3) is 5.91 Å². The zero-order valence-electron chi connectivity index (χ0n) is 22.5. The molecule has 3 amide bonds. The Balaban J connectivity index is 1.44. The number of aryl methyl sites for hydroxylation is 1. The molecule has 2 saturated heterocycles. The second-order valence-corrected chi connectivity index (χ2v) is 11.5. The lowest BCUT2D eigenvalue weighted by Gasteiger charge is -2.37. The van der Waals surface area contributed by atoms with Crippen molar-refractivity contribution in [1.82, 2.24) is 9.80 Å². The van der Waals surface area contributed by atoms with Crippen LogP contribution in [0.2, 0.25) is 5.02 Å². The summed E-state index contributed by atoms with van der Waals surface area (Å²) in [5.41, 5.74) is -0.123. The fourth-order valence-electron chi connectivity index (χ4n) is 7.03. The molecule has 0 radical (unpaired) electrons. The number of rotatable bonds is 5. The fourth-order valence-corrected chi connectivity index (χ4v) is 7.35. The van der Waals surface area contributed by atoms with Crippen molar-refractivity contribution in [3.8, 4) is 0 Å². The molecule has 0 saturated carbocycles. The van der Waals surface area contributed by atoms with Crippen LogP contribution in [0.15, 0.2) is 72.8 Å². The number of benzene rings is 2. The van der Waals surface area contributed by atoms with Gasteiger partial charge in [-0.1, -0.05) is 78.4 Å². The predicted molar refractivity (Wildman–Crippen MR) is 150 cm³/mol. The van der Waals surface area contributed by atoms with Gasteiger partial charge in [-0.2, -0.15) is 0 Å². The van der Waals surface area contributed by atoms with Crippen molar-refractivity contribution in [2.75, 3.05) is 31.1 Å². The molecule has 0 aromatic heterocycles. The maximum Gasteiger partial charge on any atom is 0.253 e. The summed E-state index contributed by atoms with van der Waals surface area (Å²) in [6, 6.07) is 14.1. The zero-order valence-corrected chi connectivity index (χ0v) is 23.3. The highest BCUT2D eigenvalue weighted by Gasteiger charge is 2.74. The van der Waals surface area contributed by atoms with Gasteiger partial charge in [-0.05, 0) is 31.0 Å². The standard InChI is InChI=1S/C31H32ClN3O5/c1-20-9-6-12-22(32)25(20)34-16-8-14-31-24(28(38)35(17-18-36)26(31)29(34)39)23-27(37)33(15-7-13-30(23,2)40-31)19-21-10-4-3-5-11-21/h3-14,23-24,26,36H,15-19H2,1-2H3/t23-,24-,26?,30+,31-/m0/s1. The smallest absolute Gasteiger partial charge is 0.253 e. The molecule has 4 heterocycles. The quantitative estimate of drug-likeness (QED) is 0.567. The van der Waals surface area contributed by atoms with Gasteiger partial charge < -0.3 is 24.5 Å². The van der Waals surface area contributed by atoms with E-state index in [4.69, 9.17) is 16.3 Å². The van der Waals surface area contributed by atoms with Crippen LogP contribution in [0.4, 0.5) is 5.69 Å². The molecule has 208 valence electrons. The average molecular weight is 562 g/mol. The number of carbonyl (C=O) groups excluding carboxylic acids is 3. The summed E-state index contributed by atoms with van der Waals surface area (Å²) in [6.07, 6.45) is 7.40. The summed E-state index contributed by atoms with van der Waals surface area (Å²) >= 11 is 6.57. The van der Waals surface area contributed by atoms with Gasteiger partial charge in [0, 0.05) is 26.2 Å². The molecule has 5 atom stereocenters. The minimum absolute atomic E-state index is 0.0543. The number of aliphatic hydroxyl groups is 1. The molecule has 1 unspecified atom stereocenters. The number of carbonyl (C=O) groups is 3. The molecule has 1 spiro atoms. The van der Waals surface area contributed by atoms with Gasteiger partial charge >= 0.3 is 0 Å². The molecule has 0 bridgehead atoms. The van der Waals surface area contributed by atoms with Crippen LogP contribution in [0.3, 0.4) is 0 Å². The van der Waals surface area contributed by atoms with Gasteiger partial charge in [-0.25, -0.2) is 0 Å². The first-order valence-corrected chi connectivity index (χ1v) is 14.0. The molecule has 2 aromatic carbocycles. The summed E-state index contributed by atoms with van der Waals surface area (Å²) in [5, 5.41) is 10.3. The van der Waals surface area contributed by atoms with Crippen molar-refractivity contribution >= 4 is 35.0 Å². The fraction of sp³-hybridized carbons (Fsp3) is 0.387. The molecule has 0 aliphatic carbocycles. The van der Waals surface area contributed by atoms with Gasteiger partial charge in [-0.3, -0.25) is 14.4 Å². The second kappa shape index (κ2) is 9.87. The minimum atomic E-state index is -1.39. The molecule has 2 fully saturated rings. The van der Waals surface area contributed by atoms with Crippen LogP contribution in [0.5, 0.6) is 0 Å². The van der Waals surface area contributed by atoms with Crippen LogP contribution in [0.25, 0.3) is 0 Å². The monoisotopic (exact) mass is 561 g/mol. The summed E-state index contributed by atoms with van der Waals surface area (Å²) in [5.74, 6) is -2.70. The summed E-state index contributed by atoms with van der Waals surface area (Å²) in [6.45, 7) is 4.32. The van der Waals surface area contributed by atoms with E-state index in [1.54, 1.807) is 21.9 Å². The van der Waals surface area contributed by atoms with Crippen LogP contribution in [-0.2, 0) is 25.7 Å². The number of β-amino-alcohol motifs (C(OH)–C–C–N with tert-alkyl or cyclic N) is 1. The van der Waals surface area contributed by atoms with Crippen molar-refractivity contribution < 1.29 is 24.2 Å². The summed E-state index contributed by atoms with van der Waals surface area (Å²) in [4.78, 5) is 47.6.